The van der Waals surface area contributed by atoms with E-state index < -0.39 is 17.2 Å². The number of halogens is 1. The largest absolute Gasteiger partial charge is 0.477 e. The Hall–Kier alpha value is -3.35. The van der Waals surface area contributed by atoms with Crippen molar-refractivity contribution in [1.29, 1.82) is 0 Å². The van der Waals surface area contributed by atoms with Crippen molar-refractivity contribution in [3.63, 3.8) is 0 Å². The van der Waals surface area contributed by atoms with Gasteiger partial charge < -0.3 is 20.3 Å². The predicted molar refractivity (Wildman–Crippen MR) is 144 cm³/mol. The molecular weight excluding hydrogens is 523 g/mol. The minimum atomic E-state index is -1.32. The zero-order valence-corrected chi connectivity index (χ0v) is 22.1. The van der Waals surface area contributed by atoms with Gasteiger partial charge in [0.2, 0.25) is 11.3 Å². The molecule has 0 bridgehead atoms. The number of carboxylic acids is 1. The van der Waals surface area contributed by atoms with Crippen molar-refractivity contribution < 1.29 is 19.1 Å². The highest BCUT2D eigenvalue weighted by atomic mass is 32.2. The van der Waals surface area contributed by atoms with Crippen molar-refractivity contribution in [3.05, 3.63) is 57.4 Å². The fourth-order valence-electron chi connectivity index (χ4n) is 5.25. The van der Waals surface area contributed by atoms with E-state index in [0.717, 1.165) is 62.0 Å². The van der Waals surface area contributed by atoms with Crippen molar-refractivity contribution >= 4 is 40.5 Å². The van der Waals surface area contributed by atoms with E-state index in [2.05, 4.69) is 25.5 Å². The number of carboxylic acid groups (broad SMARTS) is 1. The number of aromatic nitrogens is 3. The summed E-state index contributed by atoms with van der Waals surface area (Å²) in [4.78, 5) is 48.1. The monoisotopic (exact) mass is 552 g/mol. The number of rotatable bonds is 8. The third kappa shape index (κ3) is 5.54. The number of thioether (sulfide) groups is 1. The quantitative estimate of drug-likeness (QED) is 0.386. The Kier molecular flexibility index (Phi) is 7.08. The van der Waals surface area contributed by atoms with Crippen LogP contribution in [0.5, 0.6) is 0 Å². The van der Waals surface area contributed by atoms with E-state index in [0.29, 0.717) is 36.2 Å². The molecule has 1 saturated carbocycles. The summed E-state index contributed by atoms with van der Waals surface area (Å²) < 4.78 is 16.8. The van der Waals surface area contributed by atoms with Gasteiger partial charge in [0, 0.05) is 25.3 Å². The molecule has 2 aliphatic heterocycles. The molecule has 0 radical (unpaired) electrons. The van der Waals surface area contributed by atoms with Crippen LogP contribution in [0.3, 0.4) is 0 Å². The fraction of sp³-hybridized carbons (Fsp3) is 0.444. The van der Waals surface area contributed by atoms with Crippen LogP contribution >= 0.6 is 11.8 Å². The number of likely N-dealkylation sites (tertiary alicyclic amines) is 1. The number of nitrogens with one attached hydrogen (secondary N) is 2. The van der Waals surface area contributed by atoms with Gasteiger partial charge in [0.25, 0.3) is 0 Å². The molecule has 3 N–H and O–H groups in total. The standard InChI is InChI=1S/C27H29FN6O4S/c28-20-9-18-24(36)19(27(37)38)12-34(17-2-3-17)26(18)31-21(20)13-33-7-5-15(6-8-33)10-29-11-16-1-4-22-25(30-16)32-23(35)14-39-22/h1,4,9,12,15,17,29H,2-3,5-8,10-11,13-14H2,(H,37,38)(H,30,32,35). The summed E-state index contributed by atoms with van der Waals surface area (Å²) >= 11 is 1.50. The van der Waals surface area contributed by atoms with Gasteiger partial charge in [0.15, 0.2) is 0 Å². The second kappa shape index (κ2) is 10.7. The molecule has 3 aliphatic rings. The zero-order chi connectivity index (χ0) is 27.1. The highest BCUT2D eigenvalue weighted by molar-refractivity contribution is 8.00. The van der Waals surface area contributed by atoms with Gasteiger partial charge in [-0.1, -0.05) is 0 Å². The van der Waals surface area contributed by atoms with Crippen LogP contribution in [0.25, 0.3) is 11.0 Å². The second-order valence-electron chi connectivity index (χ2n) is 10.4. The SMILES string of the molecule is O=C1CSc2ccc(CNCC3CCN(Cc4nc5c(cc4F)c(=O)c(C(=O)O)cn5C4CC4)CC3)nc2N1. The Morgan fingerprint density at radius 3 is 2.72 bits per heavy atom. The number of pyridine rings is 3. The van der Waals surface area contributed by atoms with Gasteiger partial charge in [0.05, 0.1) is 27.4 Å². The Morgan fingerprint density at radius 1 is 1.18 bits per heavy atom. The minimum Gasteiger partial charge on any atom is -0.477 e. The molecule has 6 rings (SSSR count). The molecule has 12 heteroatoms. The van der Waals surface area contributed by atoms with E-state index in [-0.39, 0.29) is 28.6 Å². The molecule has 39 heavy (non-hydrogen) atoms. The van der Waals surface area contributed by atoms with Crippen molar-refractivity contribution in [3.8, 4) is 0 Å². The number of carbonyl (C=O) groups is 2. The van der Waals surface area contributed by atoms with Gasteiger partial charge in [-0.05, 0) is 69.4 Å². The van der Waals surface area contributed by atoms with Crippen molar-refractivity contribution in [2.45, 2.75) is 49.7 Å². The second-order valence-corrected chi connectivity index (χ2v) is 11.5. The lowest BCUT2D eigenvalue weighted by Gasteiger charge is -2.32. The highest BCUT2D eigenvalue weighted by Crippen LogP contribution is 2.37. The maximum absolute atomic E-state index is 15.0. The average molecular weight is 553 g/mol. The van der Waals surface area contributed by atoms with Crippen LogP contribution in [0.15, 0.2) is 34.1 Å². The number of amides is 1. The summed E-state index contributed by atoms with van der Waals surface area (Å²) in [5.74, 6) is -0.387. The first-order valence-electron chi connectivity index (χ1n) is 13.2. The van der Waals surface area contributed by atoms with Crippen molar-refractivity contribution in [1.82, 2.24) is 24.8 Å². The minimum absolute atomic E-state index is 0.0161. The molecule has 3 aromatic heterocycles. The van der Waals surface area contributed by atoms with Crippen molar-refractivity contribution in [2.75, 3.05) is 30.7 Å². The Bertz CT molecular complexity index is 1520. The topological polar surface area (TPSA) is 129 Å². The smallest absolute Gasteiger partial charge is 0.341 e. The highest BCUT2D eigenvalue weighted by Gasteiger charge is 2.29. The van der Waals surface area contributed by atoms with Crippen LogP contribution in [0, 0.1) is 11.7 Å². The lowest BCUT2D eigenvalue weighted by molar-refractivity contribution is -0.113. The summed E-state index contributed by atoms with van der Waals surface area (Å²) in [6, 6.07) is 5.22. The van der Waals surface area contributed by atoms with E-state index >= 15 is 4.39 Å². The molecule has 10 nitrogen and oxygen atoms in total. The maximum atomic E-state index is 15.0. The van der Waals surface area contributed by atoms with Crippen LogP contribution in [0.2, 0.25) is 0 Å². The third-order valence-electron chi connectivity index (χ3n) is 7.55. The molecule has 3 aromatic rings. The summed E-state index contributed by atoms with van der Waals surface area (Å²) in [5.41, 5.74) is 0.464. The van der Waals surface area contributed by atoms with E-state index in [1.807, 2.05) is 12.1 Å². The molecule has 0 atom stereocenters. The van der Waals surface area contributed by atoms with Crippen LogP contribution in [0.4, 0.5) is 10.2 Å². The molecule has 1 saturated heterocycles. The number of aromatic carboxylic acids is 1. The maximum Gasteiger partial charge on any atom is 0.341 e. The number of fused-ring (bicyclic) bond motifs is 2. The predicted octanol–water partition coefficient (Wildman–Crippen LogP) is 3.01. The number of piperidine rings is 1. The molecule has 2 fully saturated rings. The molecule has 0 unspecified atom stereocenters. The Balaban J connectivity index is 1.06. The number of anilines is 1. The third-order valence-corrected chi connectivity index (χ3v) is 8.60. The number of hydrogen-bond acceptors (Lipinski definition) is 8. The number of nitrogens with zero attached hydrogens (tertiary/aromatic N) is 4. The molecular formula is C27H29FN6O4S. The number of hydrogen-bond donors (Lipinski definition) is 3. The van der Waals surface area contributed by atoms with Gasteiger partial charge in [0.1, 0.15) is 22.8 Å². The van der Waals surface area contributed by atoms with E-state index in [1.165, 1.54) is 18.0 Å². The van der Waals surface area contributed by atoms with Crippen molar-refractivity contribution in [2.24, 2.45) is 5.92 Å². The van der Waals surface area contributed by atoms with Gasteiger partial charge in [-0.2, -0.15) is 0 Å². The first-order chi connectivity index (χ1) is 18.9. The van der Waals surface area contributed by atoms with Crippen LogP contribution < -0.4 is 16.1 Å². The van der Waals surface area contributed by atoms with E-state index in [1.54, 1.807) is 4.57 Å². The van der Waals surface area contributed by atoms with Gasteiger partial charge in [-0.15, -0.1) is 11.8 Å². The molecule has 5 heterocycles. The summed E-state index contributed by atoms with van der Waals surface area (Å²) in [6.07, 6.45) is 5.03. The van der Waals surface area contributed by atoms with Crippen LogP contribution in [0.1, 0.15) is 53.5 Å². The summed E-state index contributed by atoms with van der Waals surface area (Å²) in [6.45, 7) is 3.41. The average Bonchev–Trinajstić information content (AvgIpc) is 3.76. The Labute approximate surface area is 228 Å². The molecule has 204 valence electrons. The van der Waals surface area contributed by atoms with Gasteiger partial charge in [-0.25, -0.2) is 19.2 Å². The fourth-order valence-corrected chi connectivity index (χ4v) is 6.00. The Morgan fingerprint density at radius 2 is 1.97 bits per heavy atom. The first-order valence-corrected chi connectivity index (χ1v) is 14.2. The van der Waals surface area contributed by atoms with Gasteiger partial charge in [-0.3, -0.25) is 14.5 Å². The lowest BCUT2D eigenvalue weighted by Crippen LogP contribution is -2.37. The number of carbonyl (C=O) groups excluding carboxylic acids is 1. The zero-order valence-electron chi connectivity index (χ0n) is 21.3. The normalized spacial score (nSPS) is 18.2. The first kappa shape index (κ1) is 25.9. The van der Waals surface area contributed by atoms with E-state index in [9.17, 15) is 19.5 Å². The molecule has 1 amide bonds. The summed E-state index contributed by atoms with van der Waals surface area (Å²) in [5, 5.41) is 15.7. The lowest BCUT2D eigenvalue weighted by atomic mass is 9.96. The molecule has 0 aromatic carbocycles. The molecule has 0 spiro atoms. The van der Waals surface area contributed by atoms with Crippen LogP contribution in [-0.4, -0.2) is 61.8 Å². The molecule has 1 aliphatic carbocycles. The van der Waals surface area contributed by atoms with Gasteiger partial charge >= 0.3 is 5.97 Å². The van der Waals surface area contributed by atoms with Crippen LogP contribution in [-0.2, 0) is 17.9 Å². The summed E-state index contributed by atoms with van der Waals surface area (Å²) in [7, 11) is 0. The van der Waals surface area contributed by atoms with E-state index in [4.69, 9.17) is 0 Å².